The molecular weight excluding hydrogens is 522 g/mol. The number of carbonyl (C=O) groups is 1. The minimum Gasteiger partial charge on any atom is -0.394 e. The zero-order valence-electron chi connectivity index (χ0n) is 28.1. The second-order valence-electron chi connectivity index (χ2n) is 12.8. The van der Waals surface area contributed by atoms with E-state index in [1.165, 1.54) is 141 Å². The summed E-state index contributed by atoms with van der Waals surface area (Å²) in [7, 11) is 0. The van der Waals surface area contributed by atoms with Crippen molar-refractivity contribution in [3.8, 4) is 0 Å². The molecule has 4 N–H and O–H groups in total. The van der Waals surface area contributed by atoms with E-state index in [-0.39, 0.29) is 6.61 Å². The molecule has 42 heavy (non-hydrogen) atoms. The minimum absolute atomic E-state index is 0.360. The van der Waals surface area contributed by atoms with Crippen molar-refractivity contribution >= 4 is 5.91 Å². The summed E-state index contributed by atoms with van der Waals surface area (Å²) in [6.07, 6.45) is 36.5. The van der Waals surface area contributed by atoms with Crippen LogP contribution in [0.5, 0.6) is 0 Å². The van der Waals surface area contributed by atoms with Gasteiger partial charge < -0.3 is 20.6 Å². The third-order valence-electron chi connectivity index (χ3n) is 8.63. The number of aliphatic hydroxyl groups is 3. The van der Waals surface area contributed by atoms with Crippen LogP contribution < -0.4 is 5.32 Å². The maximum atomic E-state index is 12.4. The van der Waals surface area contributed by atoms with Gasteiger partial charge in [0, 0.05) is 0 Å². The van der Waals surface area contributed by atoms with Crippen molar-refractivity contribution in [2.45, 2.75) is 212 Å². The average molecular weight is 596 g/mol. The summed E-state index contributed by atoms with van der Waals surface area (Å²) in [6.45, 7) is 4.17. The highest BCUT2D eigenvalue weighted by Gasteiger charge is 2.22. The van der Waals surface area contributed by atoms with E-state index in [1.54, 1.807) is 6.08 Å². The van der Waals surface area contributed by atoms with E-state index in [4.69, 9.17) is 0 Å². The van der Waals surface area contributed by atoms with Crippen molar-refractivity contribution in [2.24, 2.45) is 0 Å². The Labute approximate surface area is 261 Å². The molecule has 3 atom stereocenters. The standard InChI is InChI=1S/C37H73NO4/c1-3-5-7-9-11-13-15-17-19-21-23-25-27-29-31-35(40)34(33-39)38-37(42)36(41)32-30-28-26-24-22-20-18-16-14-12-10-8-6-4-2/h29,31,34-36,39-41H,3-28,30,32-33H2,1-2H3,(H,38,42)/b31-29+. The van der Waals surface area contributed by atoms with Crippen molar-refractivity contribution < 1.29 is 20.1 Å². The molecule has 0 aromatic heterocycles. The third kappa shape index (κ3) is 27.9. The predicted molar refractivity (Wildman–Crippen MR) is 181 cm³/mol. The number of allylic oxidation sites excluding steroid dienone is 1. The predicted octanol–water partition coefficient (Wildman–Crippen LogP) is 9.70. The number of unbranched alkanes of at least 4 members (excludes halogenated alkanes) is 25. The topological polar surface area (TPSA) is 89.8 Å². The number of rotatable bonds is 33. The number of carbonyl (C=O) groups excluding carboxylic acids is 1. The molecule has 5 nitrogen and oxygen atoms in total. The van der Waals surface area contributed by atoms with Gasteiger partial charge in [0.2, 0.25) is 5.91 Å². The van der Waals surface area contributed by atoms with Crippen molar-refractivity contribution in [3.63, 3.8) is 0 Å². The van der Waals surface area contributed by atoms with Gasteiger partial charge in [0.05, 0.1) is 18.8 Å². The molecule has 0 fully saturated rings. The fourth-order valence-corrected chi connectivity index (χ4v) is 5.65. The molecule has 0 radical (unpaired) electrons. The van der Waals surface area contributed by atoms with Gasteiger partial charge in [-0.3, -0.25) is 4.79 Å². The summed E-state index contributed by atoms with van der Waals surface area (Å²) in [6, 6.07) is -0.790. The van der Waals surface area contributed by atoms with Crippen molar-refractivity contribution in [2.75, 3.05) is 6.61 Å². The van der Waals surface area contributed by atoms with Crippen LogP contribution in [-0.2, 0) is 4.79 Å². The molecule has 0 spiro atoms. The summed E-state index contributed by atoms with van der Waals surface area (Å²) in [4.78, 5) is 12.4. The molecule has 3 unspecified atom stereocenters. The Kier molecular flexibility index (Phi) is 32.3. The molecule has 250 valence electrons. The highest BCUT2D eigenvalue weighted by Crippen LogP contribution is 2.15. The molecule has 0 rings (SSSR count). The zero-order chi connectivity index (χ0) is 30.9. The first-order valence-electron chi connectivity index (χ1n) is 18.5. The lowest BCUT2D eigenvalue weighted by atomic mass is 10.0. The van der Waals surface area contributed by atoms with Crippen LogP contribution >= 0.6 is 0 Å². The normalized spacial score (nSPS) is 13.9. The van der Waals surface area contributed by atoms with Crippen LogP contribution in [0.3, 0.4) is 0 Å². The largest absolute Gasteiger partial charge is 0.394 e. The van der Waals surface area contributed by atoms with Crippen LogP contribution in [0.15, 0.2) is 12.2 Å². The van der Waals surface area contributed by atoms with Gasteiger partial charge in [0.1, 0.15) is 6.10 Å². The first-order chi connectivity index (χ1) is 20.6. The van der Waals surface area contributed by atoms with E-state index in [2.05, 4.69) is 19.2 Å². The van der Waals surface area contributed by atoms with Gasteiger partial charge in [0.25, 0.3) is 0 Å². The van der Waals surface area contributed by atoms with Gasteiger partial charge >= 0.3 is 0 Å². The van der Waals surface area contributed by atoms with Crippen LogP contribution in [0.1, 0.15) is 194 Å². The monoisotopic (exact) mass is 596 g/mol. The number of hydrogen-bond donors (Lipinski definition) is 4. The quantitative estimate of drug-likeness (QED) is 0.0449. The Bertz CT molecular complexity index is 582. The number of aliphatic hydroxyl groups excluding tert-OH is 3. The fraction of sp³-hybridized carbons (Fsp3) is 0.919. The first-order valence-corrected chi connectivity index (χ1v) is 18.5. The molecule has 0 aliphatic heterocycles. The van der Waals surface area contributed by atoms with Gasteiger partial charge in [-0.1, -0.05) is 187 Å². The lowest BCUT2D eigenvalue weighted by Gasteiger charge is -2.21. The maximum Gasteiger partial charge on any atom is 0.249 e. The maximum absolute atomic E-state index is 12.4. The van der Waals surface area contributed by atoms with Crippen LogP contribution in [0.25, 0.3) is 0 Å². The fourth-order valence-electron chi connectivity index (χ4n) is 5.65. The Morgan fingerprint density at radius 1 is 0.571 bits per heavy atom. The molecule has 0 bridgehead atoms. The van der Waals surface area contributed by atoms with Gasteiger partial charge in [-0.2, -0.15) is 0 Å². The zero-order valence-corrected chi connectivity index (χ0v) is 28.1. The van der Waals surface area contributed by atoms with E-state index >= 15 is 0 Å². The van der Waals surface area contributed by atoms with Crippen LogP contribution in [-0.4, -0.2) is 46.1 Å². The van der Waals surface area contributed by atoms with Gasteiger partial charge in [0.15, 0.2) is 0 Å². The van der Waals surface area contributed by atoms with Crippen molar-refractivity contribution in [3.05, 3.63) is 12.2 Å². The summed E-state index contributed by atoms with van der Waals surface area (Å²) >= 11 is 0. The Morgan fingerprint density at radius 3 is 1.31 bits per heavy atom. The number of hydrogen-bond acceptors (Lipinski definition) is 4. The number of nitrogens with one attached hydrogen (secondary N) is 1. The molecule has 0 aromatic rings. The van der Waals surface area contributed by atoms with Crippen molar-refractivity contribution in [1.29, 1.82) is 0 Å². The highest BCUT2D eigenvalue weighted by atomic mass is 16.3. The van der Waals surface area contributed by atoms with Crippen LogP contribution in [0.4, 0.5) is 0 Å². The second kappa shape index (κ2) is 33.0. The van der Waals surface area contributed by atoms with Crippen molar-refractivity contribution in [1.82, 2.24) is 5.32 Å². The molecule has 0 aromatic carbocycles. The second-order valence-corrected chi connectivity index (χ2v) is 12.8. The average Bonchev–Trinajstić information content (AvgIpc) is 2.99. The Morgan fingerprint density at radius 2 is 0.929 bits per heavy atom. The third-order valence-corrected chi connectivity index (χ3v) is 8.63. The summed E-state index contributed by atoms with van der Waals surface area (Å²) < 4.78 is 0. The Hall–Kier alpha value is -0.910. The van der Waals surface area contributed by atoms with Crippen LogP contribution in [0.2, 0.25) is 0 Å². The lowest BCUT2D eigenvalue weighted by molar-refractivity contribution is -0.131. The summed E-state index contributed by atoms with van der Waals surface area (Å²) in [5.74, 6) is -0.503. The smallest absolute Gasteiger partial charge is 0.249 e. The van der Waals surface area contributed by atoms with E-state index in [1.807, 2.05) is 6.08 Å². The van der Waals surface area contributed by atoms with E-state index in [0.29, 0.717) is 6.42 Å². The molecule has 0 heterocycles. The minimum atomic E-state index is -1.09. The molecular formula is C37H73NO4. The molecule has 0 aliphatic carbocycles. The van der Waals surface area contributed by atoms with E-state index in [9.17, 15) is 20.1 Å². The molecule has 0 saturated carbocycles. The molecule has 1 amide bonds. The molecule has 0 aliphatic rings. The lowest BCUT2D eigenvalue weighted by Crippen LogP contribution is -2.48. The van der Waals surface area contributed by atoms with Gasteiger partial charge in [-0.25, -0.2) is 0 Å². The summed E-state index contributed by atoms with van der Waals surface area (Å²) in [5, 5.41) is 32.9. The number of amides is 1. The first kappa shape index (κ1) is 41.1. The SMILES string of the molecule is CCCCCCCCCCCCCC/C=C/C(O)C(CO)NC(=O)C(O)CCCCCCCCCCCCCCCC. The summed E-state index contributed by atoms with van der Waals surface area (Å²) in [5.41, 5.74) is 0. The van der Waals surface area contributed by atoms with E-state index < -0.39 is 24.2 Å². The van der Waals surface area contributed by atoms with Gasteiger partial charge in [-0.05, 0) is 19.3 Å². The van der Waals surface area contributed by atoms with E-state index in [0.717, 1.165) is 32.1 Å². The highest BCUT2D eigenvalue weighted by molar-refractivity contribution is 5.80. The van der Waals surface area contributed by atoms with Gasteiger partial charge in [-0.15, -0.1) is 0 Å². The Balaban J connectivity index is 3.73. The molecule has 0 saturated heterocycles. The van der Waals surface area contributed by atoms with Crippen LogP contribution in [0, 0.1) is 0 Å². The molecule has 5 heteroatoms.